The summed E-state index contributed by atoms with van der Waals surface area (Å²) < 4.78 is 46.6. The standard InChI is InChI=1S/C68H72N4O24/c73-25-45-53(77)57(81)61(85)65(93-45)89-33-9-1-29(2-10-33)49-37-17-19-39(69-37)50(30-3-11-34(12-4-30)90-66-62(86)58(82)54(78)46(26-74)94-66)41-21-23-43(71-41)52(32-7-15-36(16-8-32)92-68-64(88)60(84)56(80)48(28-76)96-68)44-24-22-42(72-44)51(40-20-18-38(49)70-40)31-5-13-35(14-6-31)91-67-63(87)59(83)55(79)47(27-75)95-67/h1-21,23,45-48,53-69,72-88H,22,24-28H2/t45-,46-,47-,48-,53+,54+,55+,56+,57+,58+,59+,60+,61-,62-,63-,64-,65-,66-,67-,68-/m1/s1. The van der Waals surface area contributed by atoms with E-state index in [-0.39, 0.29) is 23.0 Å². The van der Waals surface area contributed by atoms with E-state index in [2.05, 4.69) is 9.97 Å². The number of nitrogens with one attached hydrogen (secondary N) is 2. The Balaban J connectivity index is 0.978. The predicted octanol–water partition coefficient (Wildman–Crippen LogP) is -0.454. The molecule has 6 aromatic rings. The molecule has 96 heavy (non-hydrogen) atoms. The molecule has 508 valence electrons. The van der Waals surface area contributed by atoms with Crippen molar-refractivity contribution in [3.63, 3.8) is 0 Å². The lowest BCUT2D eigenvalue weighted by Crippen LogP contribution is -2.60. The van der Waals surface area contributed by atoms with Crippen molar-refractivity contribution in [1.82, 2.24) is 19.9 Å². The molecule has 28 heteroatoms. The van der Waals surface area contributed by atoms with Crippen LogP contribution in [0.15, 0.2) is 109 Å². The molecule has 18 N–H and O–H groups in total. The minimum atomic E-state index is -1.68. The van der Waals surface area contributed by atoms with E-state index in [1.807, 2.05) is 36.4 Å². The monoisotopic (exact) mass is 1330 g/mol. The number of rotatable bonds is 16. The van der Waals surface area contributed by atoms with Gasteiger partial charge >= 0.3 is 0 Å². The van der Waals surface area contributed by atoms with Crippen LogP contribution in [0.25, 0.3) is 79.8 Å². The van der Waals surface area contributed by atoms with Crippen molar-refractivity contribution in [1.29, 1.82) is 0 Å². The molecule has 13 rings (SSSR count). The smallest absolute Gasteiger partial charge is 0.229 e. The number of aliphatic hydroxyl groups is 16. The number of aryl methyl sites for hydroxylation is 2. The number of ether oxygens (including phenoxy) is 8. The summed E-state index contributed by atoms with van der Waals surface area (Å²) in [6.07, 6.45) is -22.3. The van der Waals surface area contributed by atoms with Crippen LogP contribution < -0.4 is 18.9 Å². The zero-order valence-electron chi connectivity index (χ0n) is 50.8. The van der Waals surface area contributed by atoms with Gasteiger partial charge in [-0.3, -0.25) is 0 Å². The van der Waals surface area contributed by atoms with Gasteiger partial charge in [-0.2, -0.15) is 0 Å². The lowest BCUT2D eigenvalue weighted by molar-refractivity contribution is -0.277. The maximum Gasteiger partial charge on any atom is 0.229 e. The molecule has 0 amide bonds. The SMILES string of the molecule is OC[C@H]1O[C@@H](Oc2ccc(-c3c4nc(c(-c5ccc(O[C@@H]6O[C@H](CO)[C@H](O)[C@H](O)[C@H]6O)cc5)c5ccc([nH]5)c(-c5ccc(O[C@@H]6O[C@H](CO)[C@H](O)[C@H](O)[C@H]6O)cc5)c5nc(c(-c6ccc(O[C@@H]7O[C@H](CO)[C@H](O)[C@H](O)[C@H]7O)cc6)c6[nH]c3CC6)C=C5)C=C4)cc2)[C@H](O)[C@@H](O)[C@H]1O. The quantitative estimate of drug-likeness (QED) is 0.0582. The third-order valence-corrected chi connectivity index (χ3v) is 18.0. The Morgan fingerprint density at radius 2 is 0.542 bits per heavy atom. The number of benzene rings is 4. The fraction of sp³-hybridized carbons (Fsp3) is 0.382. The second-order valence-electron chi connectivity index (χ2n) is 24.2. The molecule has 0 radical (unpaired) electrons. The van der Waals surface area contributed by atoms with E-state index in [1.165, 1.54) is 0 Å². The largest absolute Gasteiger partial charge is 0.462 e. The number of nitrogens with zero attached hydrogens (tertiary/aromatic N) is 2. The highest BCUT2D eigenvalue weighted by Gasteiger charge is 2.48. The second-order valence-corrected chi connectivity index (χ2v) is 24.2. The fourth-order valence-electron chi connectivity index (χ4n) is 12.7. The molecule has 0 spiro atoms. The van der Waals surface area contributed by atoms with Crippen molar-refractivity contribution in [2.75, 3.05) is 26.4 Å². The Kier molecular flexibility index (Phi) is 19.4. The first-order valence-electron chi connectivity index (χ1n) is 31.1. The summed E-state index contributed by atoms with van der Waals surface area (Å²) in [7, 11) is 0. The van der Waals surface area contributed by atoms with Gasteiger partial charge in [0.25, 0.3) is 0 Å². The van der Waals surface area contributed by atoms with E-state index in [4.69, 9.17) is 47.9 Å². The highest BCUT2D eigenvalue weighted by atomic mass is 16.7. The zero-order valence-corrected chi connectivity index (χ0v) is 50.8. The first kappa shape index (κ1) is 66.7. The van der Waals surface area contributed by atoms with Crippen LogP contribution in [0.4, 0.5) is 0 Å². The van der Waals surface area contributed by atoms with Gasteiger partial charge in [-0.1, -0.05) is 48.5 Å². The van der Waals surface area contributed by atoms with Crippen LogP contribution in [0.5, 0.6) is 23.0 Å². The lowest BCUT2D eigenvalue weighted by Gasteiger charge is -2.39. The van der Waals surface area contributed by atoms with E-state index in [0.717, 1.165) is 11.4 Å². The van der Waals surface area contributed by atoms with Crippen LogP contribution in [-0.2, 0) is 31.8 Å². The van der Waals surface area contributed by atoms with Crippen LogP contribution in [0, 0.1) is 0 Å². The van der Waals surface area contributed by atoms with E-state index in [1.54, 1.807) is 97.1 Å². The maximum atomic E-state index is 10.9. The van der Waals surface area contributed by atoms with E-state index in [9.17, 15) is 81.7 Å². The Morgan fingerprint density at radius 1 is 0.302 bits per heavy atom. The van der Waals surface area contributed by atoms with Gasteiger partial charge in [0, 0.05) is 44.7 Å². The van der Waals surface area contributed by atoms with Gasteiger partial charge in [0.15, 0.2) is 0 Å². The molecule has 7 aliphatic rings. The van der Waals surface area contributed by atoms with Gasteiger partial charge in [0.05, 0.1) is 49.2 Å². The number of hydrogen-bond donors (Lipinski definition) is 18. The molecule has 4 fully saturated rings. The highest BCUT2D eigenvalue weighted by Crippen LogP contribution is 2.42. The molecule has 28 nitrogen and oxygen atoms in total. The van der Waals surface area contributed by atoms with Gasteiger partial charge in [-0.25, -0.2) is 9.97 Å². The summed E-state index contributed by atoms with van der Waals surface area (Å²) in [6.45, 7) is -2.63. The van der Waals surface area contributed by atoms with Crippen molar-refractivity contribution in [3.05, 3.63) is 143 Å². The second kappa shape index (κ2) is 27.9. The van der Waals surface area contributed by atoms with Crippen LogP contribution in [0.2, 0.25) is 0 Å². The van der Waals surface area contributed by atoms with Crippen molar-refractivity contribution in [3.8, 4) is 67.5 Å². The number of aromatic amines is 2. The molecule has 9 heterocycles. The Hall–Kier alpha value is -7.86. The van der Waals surface area contributed by atoms with Crippen molar-refractivity contribution < 1.29 is 120 Å². The highest BCUT2D eigenvalue weighted by molar-refractivity contribution is 5.97. The summed E-state index contributed by atoms with van der Waals surface area (Å²) >= 11 is 0. The predicted molar refractivity (Wildman–Crippen MR) is 337 cm³/mol. The van der Waals surface area contributed by atoms with Gasteiger partial charge in [0.2, 0.25) is 25.2 Å². The van der Waals surface area contributed by atoms with Gasteiger partial charge in [0.1, 0.15) is 121 Å². The lowest BCUT2D eigenvalue weighted by atomic mass is 9.98. The van der Waals surface area contributed by atoms with Crippen molar-refractivity contribution in [2.24, 2.45) is 0 Å². The summed E-state index contributed by atoms with van der Waals surface area (Å²) in [6, 6.07) is 30.9. The summed E-state index contributed by atoms with van der Waals surface area (Å²) in [5, 5.41) is 167. The minimum absolute atomic E-state index is 0.201. The molecule has 0 saturated carbocycles. The van der Waals surface area contributed by atoms with Crippen LogP contribution >= 0.6 is 0 Å². The number of hydrogen-bond acceptors (Lipinski definition) is 26. The Labute approximate surface area is 545 Å². The summed E-state index contributed by atoms with van der Waals surface area (Å²) in [5.74, 6) is 0.824. The number of H-pyrrole nitrogens is 2. The molecule has 7 aliphatic heterocycles. The van der Waals surface area contributed by atoms with Gasteiger partial charge < -0.3 is 130 Å². The molecule has 20 atom stereocenters. The molecule has 4 aromatic carbocycles. The summed E-state index contributed by atoms with van der Waals surface area (Å²) in [5.41, 5.74) is 9.60. The van der Waals surface area contributed by atoms with E-state index < -0.39 is 149 Å². The first-order chi connectivity index (χ1) is 46.3. The molecule has 0 unspecified atom stereocenters. The Morgan fingerprint density at radius 3 is 0.792 bits per heavy atom. The molecule has 0 aliphatic carbocycles. The van der Waals surface area contributed by atoms with E-state index in [0.29, 0.717) is 91.2 Å². The number of fused-ring (bicyclic) bond motifs is 8. The third kappa shape index (κ3) is 12.9. The van der Waals surface area contributed by atoms with Crippen LogP contribution in [-0.4, -0.2) is 251 Å². The fourth-order valence-corrected chi connectivity index (χ4v) is 12.7. The first-order valence-corrected chi connectivity index (χ1v) is 31.1. The molecule has 8 bridgehead atoms. The number of aromatic nitrogens is 4. The van der Waals surface area contributed by atoms with Crippen LogP contribution in [0.3, 0.4) is 0 Å². The normalized spacial score (nSPS) is 31.6. The summed E-state index contributed by atoms with van der Waals surface area (Å²) in [4.78, 5) is 18.1. The average Bonchev–Trinajstić information content (AvgIpc) is 1.66. The molecule has 4 saturated heterocycles. The topological polar surface area (TPSA) is 455 Å². The maximum absolute atomic E-state index is 10.9. The molecular weight excluding hydrogens is 1260 g/mol. The minimum Gasteiger partial charge on any atom is -0.462 e. The van der Waals surface area contributed by atoms with E-state index >= 15 is 0 Å². The third-order valence-electron chi connectivity index (χ3n) is 18.0. The Bertz CT molecular complexity index is 3760. The van der Waals surface area contributed by atoms with Gasteiger partial charge in [-0.15, -0.1) is 0 Å². The van der Waals surface area contributed by atoms with Crippen LogP contribution in [0.1, 0.15) is 34.2 Å². The van der Waals surface area contributed by atoms with Gasteiger partial charge in [-0.05, 0) is 120 Å². The average molecular weight is 1330 g/mol. The zero-order chi connectivity index (χ0) is 67.4. The van der Waals surface area contributed by atoms with Crippen molar-refractivity contribution in [2.45, 2.75) is 136 Å². The molecular formula is C68H72N4O24. The number of aliphatic hydroxyl groups excluding tert-OH is 16. The molecule has 2 aromatic heterocycles. The van der Waals surface area contributed by atoms with Crippen molar-refractivity contribution >= 4 is 35.3 Å².